The van der Waals surface area contributed by atoms with Crippen LogP contribution in [0.5, 0.6) is 0 Å². The van der Waals surface area contributed by atoms with Crippen LogP contribution in [0.4, 0.5) is 4.39 Å². The van der Waals surface area contributed by atoms with E-state index in [1.54, 1.807) is 12.1 Å². The lowest BCUT2D eigenvalue weighted by Crippen LogP contribution is -2.27. The third-order valence-electron chi connectivity index (χ3n) is 3.51. The fourth-order valence-electron chi connectivity index (χ4n) is 2.44. The van der Waals surface area contributed by atoms with Crippen LogP contribution >= 0.6 is 0 Å². The van der Waals surface area contributed by atoms with Crippen LogP contribution in [-0.4, -0.2) is 6.29 Å². The maximum absolute atomic E-state index is 12.9. The SMILES string of the molecule is Cc1ccccc1C(C)(C=O)Cc1ccc(F)cc1. The first-order chi connectivity index (χ1) is 9.05. The molecule has 0 aliphatic rings. The molecule has 0 amide bonds. The Labute approximate surface area is 113 Å². The summed E-state index contributed by atoms with van der Waals surface area (Å²) in [5.74, 6) is -0.257. The van der Waals surface area contributed by atoms with E-state index in [1.165, 1.54) is 12.1 Å². The molecule has 0 bridgehead atoms. The van der Waals surface area contributed by atoms with Crippen LogP contribution in [-0.2, 0) is 16.6 Å². The molecule has 0 aromatic heterocycles. The predicted molar refractivity (Wildman–Crippen MR) is 74.7 cm³/mol. The Bertz CT molecular complexity index is 574. The van der Waals surface area contributed by atoms with Crippen LogP contribution in [0.1, 0.15) is 23.6 Å². The number of halogens is 1. The molecule has 2 aromatic carbocycles. The van der Waals surface area contributed by atoms with Crippen molar-refractivity contribution in [2.45, 2.75) is 25.7 Å². The summed E-state index contributed by atoms with van der Waals surface area (Å²) >= 11 is 0. The molecule has 1 atom stereocenters. The normalized spacial score (nSPS) is 13.8. The van der Waals surface area contributed by atoms with Crippen molar-refractivity contribution in [2.75, 3.05) is 0 Å². The largest absolute Gasteiger partial charge is 0.302 e. The molecule has 0 fully saturated rings. The summed E-state index contributed by atoms with van der Waals surface area (Å²) in [6.45, 7) is 3.92. The molecule has 98 valence electrons. The van der Waals surface area contributed by atoms with E-state index in [4.69, 9.17) is 0 Å². The summed E-state index contributed by atoms with van der Waals surface area (Å²) in [5.41, 5.74) is 2.50. The Kier molecular flexibility index (Phi) is 3.79. The van der Waals surface area contributed by atoms with Crippen LogP contribution in [0, 0.1) is 12.7 Å². The Hall–Kier alpha value is -1.96. The third kappa shape index (κ3) is 2.90. The van der Waals surface area contributed by atoms with Gasteiger partial charge in [-0.1, -0.05) is 36.4 Å². The zero-order valence-electron chi connectivity index (χ0n) is 11.2. The van der Waals surface area contributed by atoms with Crippen LogP contribution in [0.15, 0.2) is 48.5 Å². The minimum Gasteiger partial charge on any atom is -0.302 e. The van der Waals surface area contributed by atoms with Gasteiger partial charge in [0.1, 0.15) is 12.1 Å². The van der Waals surface area contributed by atoms with Crippen molar-refractivity contribution in [3.8, 4) is 0 Å². The number of hydrogen-bond acceptors (Lipinski definition) is 1. The summed E-state index contributed by atoms with van der Waals surface area (Å²) in [6, 6.07) is 14.2. The van der Waals surface area contributed by atoms with Crippen molar-refractivity contribution < 1.29 is 9.18 Å². The molecule has 0 N–H and O–H groups in total. The van der Waals surface area contributed by atoms with Gasteiger partial charge in [-0.2, -0.15) is 0 Å². The maximum Gasteiger partial charge on any atom is 0.130 e. The van der Waals surface area contributed by atoms with Crippen LogP contribution in [0.25, 0.3) is 0 Å². The van der Waals surface area contributed by atoms with E-state index in [1.807, 2.05) is 38.1 Å². The van der Waals surface area contributed by atoms with E-state index in [9.17, 15) is 9.18 Å². The Balaban J connectivity index is 2.35. The lowest BCUT2D eigenvalue weighted by Gasteiger charge is -2.25. The number of rotatable bonds is 4. The van der Waals surface area contributed by atoms with Gasteiger partial charge in [0.25, 0.3) is 0 Å². The third-order valence-corrected chi connectivity index (χ3v) is 3.51. The van der Waals surface area contributed by atoms with Gasteiger partial charge in [0.15, 0.2) is 0 Å². The fourth-order valence-corrected chi connectivity index (χ4v) is 2.44. The smallest absolute Gasteiger partial charge is 0.130 e. The van der Waals surface area contributed by atoms with E-state index < -0.39 is 5.41 Å². The number of carbonyl (C=O) groups is 1. The summed E-state index contributed by atoms with van der Waals surface area (Å²) < 4.78 is 12.9. The second-order valence-corrected chi connectivity index (χ2v) is 5.15. The highest BCUT2D eigenvalue weighted by Gasteiger charge is 2.27. The van der Waals surface area contributed by atoms with E-state index in [0.29, 0.717) is 6.42 Å². The predicted octanol–water partition coefficient (Wildman–Crippen LogP) is 3.83. The number of hydrogen-bond donors (Lipinski definition) is 0. The quantitative estimate of drug-likeness (QED) is 0.760. The zero-order chi connectivity index (χ0) is 13.9. The molecule has 2 rings (SSSR count). The highest BCUT2D eigenvalue weighted by molar-refractivity contribution is 5.69. The first kappa shape index (κ1) is 13.5. The van der Waals surface area contributed by atoms with Gasteiger partial charge in [-0.15, -0.1) is 0 Å². The lowest BCUT2D eigenvalue weighted by atomic mass is 9.77. The van der Waals surface area contributed by atoms with Crippen LogP contribution in [0.2, 0.25) is 0 Å². The average Bonchev–Trinajstić information content (AvgIpc) is 2.42. The van der Waals surface area contributed by atoms with Crippen LogP contribution < -0.4 is 0 Å². The molecule has 0 saturated heterocycles. The average molecular weight is 256 g/mol. The van der Waals surface area contributed by atoms with Gasteiger partial charge < -0.3 is 4.79 Å². The first-order valence-electron chi connectivity index (χ1n) is 6.32. The second-order valence-electron chi connectivity index (χ2n) is 5.15. The molecular weight excluding hydrogens is 239 g/mol. The summed E-state index contributed by atoms with van der Waals surface area (Å²) in [5, 5.41) is 0. The molecule has 19 heavy (non-hydrogen) atoms. The monoisotopic (exact) mass is 256 g/mol. The highest BCUT2D eigenvalue weighted by atomic mass is 19.1. The maximum atomic E-state index is 12.9. The molecule has 0 aliphatic carbocycles. The molecule has 0 spiro atoms. The Morgan fingerprint density at radius 2 is 1.74 bits per heavy atom. The molecule has 0 radical (unpaired) electrons. The van der Waals surface area contributed by atoms with Gasteiger partial charge in [0, 0.05) is 0 Å². The Morgan fingerprint density at radius 1 is 1.11 bits per heavy atom. The molecular formula is C17H17FO. The van der Waals surface area contributed by atoms with E-state index in [-0.39, 0.29) is 5.82 Å². The van der Waals surface area contributed by atoms with Crippen molar-refractivity contribution in [1.29, 1.82) is 0 Å². The van der Waals surface area contributed by atoms with Gasteiger partial charge >= 0.3 is 0 Å². The lowest BCUT2D eigenvalue weighted by molar-refractivity contribution is -0.112. The van der Waals surface area contributed by atoms with Crippen molar-refractivity contribution in [3.63, 3.8) is 0 Å². The molecule has 0 heterocycles. The van der Waals surface area contributed by atoms with Crippen LogP contribution in [0.3, 0.4) is 0 Å². The van der Waals surface area contributed by atoms with Gasteiger partial charge in [-0.05, 0) is 49.1 Å². The summed E-state index contributed by atoms with van der Waals surface area (Å²) in [6.07, 6.45) is 1.56. The highest BCUT2D eigenvalue weighted by Crippen LogP contribution is 2.28. The zero-order valence-corrected chi connectivity index (χ0v) is 11.2. The van der Waals surface area contributed by atoms with Crippen molar-refractivity contribution in [2.24, 2.45) is 0 Å². The van der Waals surface area contributed by atoms with E-state index in [0.717, 1.165) is 23.0 Å². The summed E-state index contributed by atoms with van der Waals surface area (Å²) in [7, 11) is 0. The fraction of sp³-hybridized carbons (Fsp3) is 0.235. The topological polar surface area (TPSA) is 17.1 Å². The van der Waals surface area contributed by atoms with E-state index >= 15 is 0 Å². The minimum atomic E-state index is -0.580. The minimum absolute atomic E-state index is 0.257. The van der Waals surface area contributed by atoms with Gasteiger partial charge in [0.05, 0.1) is 5.41 Å². The number of aryl methyl sites for hydroxylation is 1. The van der Waals surface area contributed by atoms with Gasteiger partial charge in [-0.25, -0.2) is 4.39 Å². The molecule has 2 aromatic rings. The standard InChI is InChI=1S/C17H17FO/c1-13-5-3-4-6-16(13)17(2,12-19)11-14-7-9-15(18)10-8-14/h3-10,12H,11H2,1-2H3. The second kappa shape index (κ2) is 5.35. The first-order valence-corrected chi connectivity index (χ1v) is 6.32. The molecule has 1 nitrogen and oxygen atoms in total. The molecule has 1 unspecified atom stereocenters. The number of benzene rings is 2. The van der Waals surface area contributed by atoms with Gasteiger partial charge in [-0.3, -0.25) is 0 Å². The van der Waals surface area contributed by atoms with Crippen molar-refractivity contribution in [1.82, 2.24) is 0 Å². The van der Waals surface area contributed by atoms with Crippen molar-refractivity contribution in [3.05, 3.63) is 71.0 Å². The molecule has 2 heteroatoms. The van der Waals surface area contributed by atoms with E-state index in [2.05, 4.69) is 0 Å². The molecule has 0 aliphatic heterocycles. The summed E-state index contributed by atoms with van der Waals surface area (Å²) in [4.78, 5) is 11.6. The molecule has 0 saturated carbocycles. The van der Waals surface area contributed by atoms with Gasteiger partial charge in [0.2, 0.25) is 0 Å². The number of carbonyl (C=O) groups excluding carboxylic acids is 1. The van der Waals surface area contributed by atoms with Crippen molar-refractivity contribution >= 4 is 6.29 Å². The number of aldehydes is 1. The Morgan fingerprint density at radius 3 is 2.32 bits per heavy atom.